The van der Waals surface area contributed by atoms with Crippen LogP contribution < -0.4 is 15.8 Å². The molecular formula is C15H23N3O3. The second-order valence-corrected chi connectivity index (χ2v) is 5.45. The molecule has 0 aliphatic heterocycles. The van der Waals surface area contributed by atoms with Crippen molar-refractivity contribution < 1.29 is 14.7 Å². The molecule has 0 unspecified atom stereocenters. The van der Waals surface area contributed by atoms with Crippen LogP contribution in [0, 0.1) is 0 Å². The Morgan fingerprint density at radius 1 is 1.43 bits per heavy atom. The van der Waals surface area contributed by atoms with Gasteiger partial charge in [-0.25, -0.2) is 0 Å². The van der Waals surface area contributed by atoms with Gasteiger partial charge in [-0.3, -0.25) is 4.79 Å². The van der Waals surface area contributed by atoms with Crippen LogP contribution in [-0.4, -0.2) is 29.1 Å². The van der Waals surface area contributed by atoms with Gasteiger partial charge in [0.2, 0.25) is 0 Å². The number of benzene rings is 1. The van der Waals surface area contributed by atoms with Gasteiger partial charge in [-0.05, 0) is 32.4 Å². The van der Waals surface area contributed by atoms with Crippen LogP contribution in [-0.2, 0) is 4.79 Å². The number of nitrogens with one attached hydrogen (secondary N) is 1. The maximum absolute atomic E-state index is 11.9. The van der Waals surface area contributed by atoms with Crippen LogP contribution in [0.25, 0.3) is 0 Å². The lowest BCUT2D eigenvalue weighted by Crippen LogP contribution is -2.45. The van der Waals surface area contributed by atoms with Gasteiger partial charge in [0.1, 0.15) is 5.75 Å². The SMILES string of the molecule is CCCC(C)(C)NC(=O)COc1ccccc1/C(N)=N/O. The number of carbonyl (C=O) groups excluding carboxylic acids is 1. The number of para-hydroxylation sites is 1. The molecular weight excluding hydrogens is 270 g/mol. The molecule has 0 saturated heterocycles. The zero-order chi connectivity index (χ0) is 15.9. The third-order valence-electron chi connectivity index (χ3n) is 2.98. The minimum atomic E-state index is -0.264. The molecule has 0 aliphatic carbocycles. The highest BCUT2D eigenvalue weighted by molar-refractivity contribution is 5.99. The Balaban J connectivity index is 2.66. The van der Waals surface area contributed by atoms with Crippen LogP contribution in [0.5, 0.6) is 5.75 Å². The van der Waals surface area contributed by atoms with Crippen molar-refractivity contribution in [3.05, 3.63) is 29.8 Å². The van der Waals surface area contributed by atoms with Crippen molar-refractivity contribution in [1.82, 2.24) is 5.32 Å². The summed E-state index contributed by atoms with van der Waals surface area (Å²) in [5.74, 6) is 0.135. The average molecular weight is 293 g/mol. The Morgan fingerprint density at radius 2 is 2.10 bits per heavy atom. The second-order valence-electron chi connectivity index (χ2n) is 5.45. The summed E-state index contributed by atoms with van der Waals surface area (Å²) in [6, 6.07) is 6.81. The predicted molar refractivity (Wildman–Crippen MR) is 81.6 cm³/mol. The monoisotopic (exact) mass is 293 g/mol. The van der Waals surface area contributed by atoms with Gasteiger partial charge in [-0.1, -0.05) is 30.6 Å². The van der Waals surface area contributed by atoms with Crippen molar-refractivity contribution in [2.45, 2.75) is 39.2 Å². The molecule has 4 N–H and O–H groups in total. The summed E-state index contributed by atoms with van der Waals surface area (Å²) in [5, 5.41) is 14.6. The Hall–Kier alpha value is -2.24. The highest BCUT2D eigenvalue weighted by Gasteiger charge is 2.19. The lowest BCUT2D eigenvalue weighted by atomic mass is 9.99. The lowest BCUT2D eigenvalue weighted by Gasteiger charge is -2.25. The van der Waals surface area contributed by atoms with Crippen LogP contribution in [0.1, 0.15) is 39.2 Å². The number of hydrogen-bond acceptors (Lipinski definition) is 4. The molecule has 1 aromatic carbocycles. The average Bonchev–Trinajstić information content (AvgIpc) is 2.44. The molecule has 0 aliphatic rings. The van der Waals surface area contributed by atoms with E-state index < -0.39 is 0 Å². The number of amides is 1. The Morgan fingerprint density at radius 3 is 2.71 bits per heavy atom. The van der Waals surface area contributed by atoms with Gasteiger partial charge in [0, 0.05) is 5.54 Å². The van der Waals surface area contributed by atoms with E-state index in [1.165, 1.54) is 0 Å². The van der Waals surface area contributed by atoms with Gasteiger partial charge in [-0.2, -0.15) is 0 Å². The zero-order valence-electron chi connectivity index (χ0n) is 12.7. The van der Waals surface area contributed by atoms with Crippen LogP contribution in [0.4, 0.5) is 0 Å². The smallest absolute Gasteiger partial charge is 0.258 e. The minimum absolute atomic E-state index is 0.0580. The molecule has 0 radical (unpaired) electrons. The summed E-state index contributed by atoms with van der Waals surface area (Å²) < 4.78 is 5.46. The highest BCUT2D eigenvalue weighted by atomic mass is 16.5. The molecule has 1 amide bonds. The van der Waals surface area contributed by atoms with E-state index in [2.05, 4.69) is 17.4 Å². The summed E-state index contributed by atoms with van der Waals surface area (Å²) in [5.41, 5.74) is 5.74. The Labute approximate surface area is 125 Å². The number of ether oxygens (including phenoxy) is 1. The number of nitrogens with two attached hydrogens (primary N) is 1. The molecule has 0 bridgehead atoms. The van der Waals surface area contributed by atoms with Crippen LogP contribution in [0.3, 0.4) is 0 Å². The van der Waals surface area contributed by atoms with Crippen molar-refractivity contribution in [1.29, 1.82) is 0 Å². The molecule has 0 atom stereocenters. The number of carbonyl (C=O) groups is 1. The van der Waals surface area contributed by atoms with Crippen LogP contribution in [0.15, 0.2) is 29.4 Å². The largest absolute Gasteiger partial charge is 0.483 e. The second kappa shape index (κ2) is 7.52. The first-order chi connectivity index (χ1) is 9.89. The quantitative estimate of drug-likeness (QED) is 0.309. The fourth-order valence-electron chi connectivity index (χ4n) is 2.10. The van der Waals surface area contributed by atoms with E-state index in [0.717, 1.165) is 12.8 Å². The number of nitrogens with zero attached hydrogens (tertiary/aromatic N) is 1. The number of hydrogen-bond donors (Lipinski definition) is 3. The summed E-state index contributed by atoms with van der Waals surface area (Å²) >= 11 is 0. The van der Waals surface area contributed by atoms with Crippen molar-refractivity contribution in [2.75, 3.05) is 6.61 Å². The lowest BCUT2D eigenvalue weighted by molar-refractivity contribution is -0.124. The summed E-state index contributed by atoms with van der Waals surface area (Å²) in [4.78, 5) is 11.9. The van der Waals surface area contributed by atoms with Crippen molar-refractivity contribution in [3.8, 4) is 5.75 Å². The molecule has 6 nitrogen and oxygen atoms in total. The first kappa shape index (κ1) is 16.8. The number of oxime groups is 1. The third kappa shape index (κ3) is 5.33. The first-order valence-electron chi connectivity index (χ1n) is 6.90. The van der Waals surface area contributed by atoms with E-state index in [-0.39, 0.29) is 23.9 Å². The Bertz CT molecular complexity index is 513. The maximum Gasteiger partial charge on any atom is 0.258 e. The molecule has 0 fully saturated rings. The minimum Gasteiger partial charge on any atom is -0.483 e. The standard InChI is InChI=1S/C15H23N3O3/c1-4-9-15(2,3)17-13(19)10-21-12-8-6-5-7-11(12)14(16)18-20/h5-8,20H,4,9-10H2,1-3H3,(H2,16,18)(H,17,19). The molecule has 1 rings (SSSR count). The summed E-state index contributed by atoms with van der Waals surface area (Å²) in [6.45, 7) is 5.89. The molecule has 1 aromatic rings. The van der Waals surface area contributed by atoms with Gasteiger partial charge < -0.3 is 21.0 Å². The van der Waals surface area contributed by atoms with Gasteiger partial charge in [-0.15, -0.1) is 0 Å². The summed E-state index contributed by atoms with van der Waals surface area (Å²) in [7, 11) is 0. The Kier molecular flexibility index (Phi) is 6.02. The van der Waals surface area contributed by atoms with Gasteiger partial charge in [0.15, 0.2) is 12.4 Å². The van der Waals surface area contributed by atoms with E-state index in [1.807, 2.05) is 13.8 Å². The third-order valence-corrected chi connectivity index (χ3v) is 2.98. The normalized spacial score (nSPS) is 12.0. The molecule has 0 aromatic heterocycles. The number of rotatable bonds is 7. The fraction of sp³-hybridized carbons (Fsp3) is 0.467. The van der Waals surface area contributed by atoms with Crippen LogP contribution >= 0.6 is 0 Å². The molecule has 0 spiro atoms. The van der Waals surface area contributed by atoms with Gasteiger partial charge in [0.05, 0.1) is 5.56 Å². The van der Waals surface area contributed by atoms with E-state index in [4.69, 9.17) is 15.7 Å². The van der Waals surface area contributed by atoms with Crippen LogP contribution in [0.2, 0.25) is 0 Å². The molecule has 0 saturated carbocycles. The first-order valence-corrected chi connectivity index (χ1v) is 6.90. The zero-order valence-corrected chi connectivity index (χ0v) is 12.7. The van der Waals surface area contributed by atoms with E-state index in [0.29, 0.717) is 11.3 Å². The molecule has 116 valence electrons. The van der Waals surface area contributed by atoms with Gasteiger partial charge in [0.25, 0.3) is 5.91 Å². The van der Waals surface area contributed by atoms with E-state index in [1.54, 1.807) is 24.3 Å². The number of amidine groups is 1. The molecule has 21 heavy (non-hydrogen) atoms. The van der Waals surface area contributed by atoms with Crippen molar-refractivity contribution >= 4 is 11.7 Å². The fourth-order valence-corrected chi connectivity index (χ4v) is 2.10. The van der Waals surface area contributed by atoms with E-state index >= 15 is 0 Å². The topological polar surface area (TPSA) is 96.9 Å². The molecule has 6 heteroatoms. The van der Waals surface area contributed by atoms with Crippen molar-refractivity contribution in [2.24, 2.45) is 10.9 Å². The van der Waals surface area contributed by atoms with E-state index in [9.17, 15) is 4.79 Å². The summed E-state index contributed by atoms with van der Waals surface area (Å²) in [6.07, 6.45) is 1.87. The highest BCUT2D eigenvalue weighted by Crippen LogP contribution is 2.17. The maximum atomic E-state index is 11.9. The van der Waals surface area contributed by atoms with Crippen molar-refractivity contribution in [3.63, 3.8) is 0 Å². The van der Waals surface area contributed by atoms with Gasteiger partial charge >= 0.3 is 0 Å². The predicted octanol–water partition coefficient (Wildman–Crippen LogP) is 1.85. The molecule has 0 heterocycles.